The first-order valence-corrected chi connectivity index (χ1v) is 3.54. The molecular formula is C8H14Cl2N2O. The Labute approximate surface area is 90.2 Å². The van der Waals surface area contributed by atoms with Crippen LogP contribution in [0.15, 0.2) is 18.3 Å². The maximum atomic E-state index is 9.26. The molecule has 0 saturated heterocycles. The average molecular weight is 225 g/mol. The molecule has 0 fully saturated rings. The number of nitrogens with zero attached hydrogens (tertiary/aromatic N) is 1. The number of pyridine rings is 1. The molecule has 0 spiro atoms. The van der Waals surface area contributed by atoms with Gasteiger partial charge in [-0.3, -0.25) is 4.98 Å². The Kier molecular flexibility index (Phi) is 8.26. The van der Waals surface area contributed by atoms with Crippen LogP contribution in [0.25, 0.3) is 0 Å². The smallest absolute Gasteiger partial charge is 0.0927 e. The number of nitrogens with two attached hydrogens (primary N) is 1. The summed E-state index contributed by atoms with van der Waals surface area (Å²) in [7, 11) is 0. The Morgan fingerprint density at radius 2 is 2.08 bits per heavy atom. The van der Waals surface area contributed by atoms with E-state index in [0.29, 0.717) is 0 Å². The van der Waals surface area contributed by atoms with E-state index in [9.17, 15) is 5.11 Å². The van der Waals surface area contributed by atoms with Crippen LogP contribution in [0.2, 0.25) is 0 Å². The molecule has 0 aromatic carbocycles. The van der Waals surface area contributed by atoms with Crippen LogP contribution in [0, 0.1) is 6.92 Å². The van der Waals surface area contributed by atoms with Crippen molar-refractivity contribution in [2.45, 2.75) is 13.0 Å². The lowest BCUT2D eigenvalue weighted by Crippen LogP contribution is -2.11. The van der Waals surface area contributed by atoms with Gasteiger partial charge in [0.2, 0.25) is 0 Å². The van der Waals surface area contributed by atoms with Crippen molar-refractivity contribution in [1.29, 1.82) is 0 Å². The van der Waals surface area contributed by atoms with Gasteiger partial charge in [-0.05, 0) is 13.0 Å². The van der Waals surface area contributed by atoms with E-state index < -0.39 is 6.10 Å². The molecule has 0 aliphatic rings. The van der Waals surface area contributed by atoms with Gasteiger partial charge in [-0.1, -0.05) is 6.07 Å². The third-order valence-electron chi connectivity index (χ3n) is 1.54. The summed E-state index contributed by atoms with van der Waals surface area (Å²) in [5.41, 5.74) is 6.98. The third-order valence-corrected chi connectivity index (χ3v) is 1.54. The van der Waals surface area contributed by atoms with Gasteiger partial charge in [0.15, 0.2) is 0 Å². The molecule has 1 heterocycles. The largest absolute Gasteiger partial charge is 0.387 e. The van der Waals surface area contributed by atoms with Crippen LogP contribution in [0.3, 0.4) is 0 Å². The summed E-state index contributed by atoms with van der Waals surface area (Å²) in [5.74, 6) is 0. The first-order valence-electron chi connectivity index (χ1n) is 3.54. The standard InChI is InChI=1S/C8H12N2O.2ClH/c1-6-2-3-7(5-10-6)8(11)4-9;;/h2-3,5,8,11H,4,9H2,1H3;2*1H. The lowest BCUT2D eigenvalue weighted by atomic mass is 10.1. The lowest BCUT2D eigenvalue weighted by molar-refractivity contribution is 0.186. The molecule has 0 bridgehead atoms. The van der Waals surface area contributed by atoms with Gasteiger partial charge in [0.05, 0.1) is 6.10 Å². The second-order valence-electron chi connectivity index (χ2n) is 2.48. The summed E-state index contributed by atoms with van der Waals surface area (Å²) in [6, 6.07) is 3.69. The molecule has 1 atom stereocenters. The zero-order valence-electron chi connectivity index (χ0n) is 7.30. The van der Waals surface area contributed by atoms with Gasteiger partial charge in [0.1, 0.15) is 0 Å². The zero-order chi connectivity index (χ0) is 8.27. The molecule has 1 unspecified atom stereocenters. The van der Waals surface area contributed by atoms with Crippen LogP contribution in [0.5, 0.6) is 0 Å². The summed E-state index contributed by atoms with van der Waals surface area (Å²) < 4.78 is 0. The van der Waals surface area contributed by atoms with Crippen LogP contribution in [0.1, 0.15) is 17.4 Å². The van der Waals surface area contributed by atoms with Gasteiger partial charge in [-0.15, -0.1) is 24.8 Å². The predicted molar refractivity (Wildman–Crippen MR) is 57.5 cm³/mol. The van der Waals surface area contributed by atoms with Gasteiger partial charge in [-0.2, -0.15) is 0 Å². The van der Waals surface area contributed by atoms with E-state index in [1.807, 2.05) is 19.1 Å². The van der Waals surface area contributed by atoms with Crippen molar-refractivity contribution in [3.05, 3.63) is 29.6 Å². The van der Waals surface area contributed by atoms with E-state index >= 15 is 0 Å². The fraction of sp³-hybridized carbons (Fsp3) is 0.375. The van der Waals surface area contributed by atoms with Crippen LogP contribution in [0.4, 0.5) is 0 Å². The molecule has 0 radical (unpaired) electrons. The summed E-state index contributed by atoms with van der Waals surface area (Å²) >= 11 is 0. The average Bonchev–Trinajstić information content (AvgIpc) is 2.05. The lowest BCUT2D eigenvalue weighted by Gasteiger charge is -2.06. The number of aromatic nitrogens is 1. The second kappa shape index (κ2) is 7.09. The Morgan fingerprint density at radius 1 is 1.46 bits per heavy atom. The molecule has 3 N–H and O–H groups in total. The van der Waals surface area contributed by atoms with E-state index in [0.717, 1.165) is 11.3 Å². The number of aliphatic hydroxyl groups excluding tert-OH is 1. The highest BCUT2D eigenvalue weighted by atomic mass is 35.5. The number of hydrogen-bond donors (Lipinski definition) is 2. The van der Waals surface area contributed by atoms with Gasteiger partial charge < -0.3 is 10.8 Å². The van der Waals surface area contributed by atoms with Gasteiger partial charge in [0, 0.05) is 24.0 Å². The molecule has 5 heteroatoms. The number of halogens is 2. The molecule has 76 valence electrons. The van der Waals surface area contributed by atoms with Crippen molar-refractivity contribution in [3.63, 3.8) is 0 Å². The van der Waals surface area contributed by atoms with Gasteiger partial charge in [-0.25, -0.2) is 0 Å². The topological polar surface area (TPSA) is 59.1 Å². The number of aliphatic hydroxyl groups is 1. The van der Waals surface area contributed by atoms with Crippen molar-refractivity contribution < 1.29 is 5.11 Å². The maximum Gasteiger partial charge on any atom is 0.0927 e. The normalized spacial score (nSPS) is 11.0. The Morgan fingerprint density at radius 3 is 2.46 bits per heavy atom. The minimum absolute atomic E-state index is 0. The van der Waals surface area contributed by atoms with Crippen LogP contribution in [-0.2, 0) is 0 Å². The number of aryl methyl sites for hydroxylation is 1. The Hall–Kier alpha value is -0.350. The fourth-order valence-electron chi connectivity index (χ4n) is 0.812. The van der Waals surface area contributed by atoms with Gasteiger partial charge in [0.25, 0.3) is 0 Å². The van der Waals surface area contributed by atoms with E-state index in [-0.39, 0.29) is 31.4 Å². The summed E-state index contributed by atoms with van der Waals surface area (Å²) in [6.45, 7) is 2.14. The molecule has 3 nitrogen and oxygen atoms in total. The van der Waals surface area contributed by atoms with Crippen molar-refractivity contribution in [2.75, 3.05) is 6.54 Å². The molecule has 13 heavy (non-hydrogen) atoms. The first-order chi connectivity index (χ1) is 5.24. The molecule has 0 aliphatic heterocycles. The van der Waals surface area contributed by atoms with Crippen molar-refractivity contribution in [1.82, 2.24) is 4.98 Å². The highest BCUT2D eigenvalue weighted by Crippen LogP contribution is 2.09. The molecule has 0 aliphatic carbocycles. The summed E-state index contributed by atoms with van der Waals surface area (Å²) in [6.07, 6.45) is 1.07. The molecular weight excluding hydrogens is 211 g/mol. The quantitative estimate of drug-likeness (QED) is 0.795. The highest BCUT2D eigenvalue weighted by molar-refractivity contribution is 5.85. The summed E-state index contributed by atoms with van der Waals surface area (Å²) in [5, 5.41) is 9.26. The third kappa shape index (κ3) is 4.43. The summed E-state index contributed by atoms with van der Waals surface area (Å²) in [4.78, 5) is 4.03. The van der Waals surface area contributed by atoms with Crippen molar-refractivity contribution in [3.8, 4) is 0 Å². The minimum Gasteiger partial charge on any atom is -0.387 e. The minimum atomic E-state index is -0.580. The predicted octanol–water partition coefficient (Wildman–Crippen LogP) is 1.23. The Bertz CT molecular complexity index is 228. The molecule has 1 rings (SSSR count). The van der Waals surface area contributed by atoms with E-state index in [2.05, 4.69) is 4.98 Å². The first kappa shape index (κ1) is 15.1. The fourth-order valence-corrected chi connectivity index (χ4v) is 0.812. The van der Waals surface area contributed by atoms with Crippen molar-refractivity contribution in [2.24, 2.45) is 5.73 Å². The zero-order valence-corrected chi connectivity index (χ0v) is 8.94. The molecule has 1 aromatic rings. The van der Waals surface area contributed by atoms with Crippen LogP contribution in [-0.4, -0.2) is 16.6 Å². The van der Waals surface area contributed by atoms with Gasteiger partial charge >= 0.3 is 0 Å². The van der Waals surface area contributed by atoms with Crippen LogP contribution >= 0.6 is 24.8 Å². The van der Waals surface area contributed by atoms with E-state index in [1.165, 1.54) is 0 Å². The molecule has 0 amide bonds. The number of rotatable bonds is 2. The SMILES string of the molecule is Cc1ccc(C(O)CN)cn1.Cl.Cl. The van der Waals surface area contributed by atoms with Crippen molar-refractivity contribution >= 4 is 24.8 Å². The van der Waals surface area contributed by atoms with Crippen LogP contribution < -0.4 is 5.73 Å². The maximum absolute atomic E-state index is 9.26. The number of hydrogen-bond acceptors (Lipinski definition) is 3. The van der Waals surface area contributed by atoms with E-state index in [1.54, 1.807) is 6.20 Å². The Balaban J connectivity index is 0. The molecule has 1 aromatic heterocycles. The second-order valence-corrected chi connectivity index (χ2v) is 2.48. The monoisotopic (exact) mass is 224 g/mol. The highest BCUT2D eigenvalue weighted by Gasteiger charge is 2.03. The van der Waals surface area contributed by atoms with E-state index in [4.69, 9.17) is 5.73 Å². The molecule has 0 saturated carbocycles.